The lowest BCUT2D eigenvalue weighted by Gasteiger charge is -2.31. The predicted molar refractivity (Wildman–Crippen MR) is 156 cm³/mol. The summed E-state index contributed by atoms with van der Waals surface area (Å²) in [5.74, 6) is 0.424. The van der Waals surface area contributed by atoms with Gasteiger partial charge in [-0.05, 0) is 54.3 Å². The minimum absolute atomic E-state index is 0.0361. The van der Waals surface area contributed by atoms with Gasteiger partial charge in [-0.2, -0.15) is 0 Å². The van der Waals surface area contributed by atoms with E-state index in [0.717, 1.165) is 18.7 Å². The second kappa shape index (κ2) is 13.7. The molecule has 1 unspecified atom stereocenters. The number of likely N-dealkylation sites (tertiary alicyclic amines) is 1. The number of aryl methyl sites for hydroxylation is 1. The number of methoxy groups -OCH3 is 1. The summed E-state index contributed by atoms with van der Waals surface area (Å²) in [4.78, 5) is 30.7. The number of rotatable bonds is 12. The minimum Gasteiger partial charge on any atom is -0.507 e. The Hall–Kier alpha value is -3.82. The highest BCUT2D eigenvalue weighted by atomic mass is 16.5. The third kappa shape index (κ3) is 6.92. The second-order valence-electron chi connectivity index (χ2n) is 10.6. The number of hydrogen-bond acceptors (Lipinski definition) is 8. The number of morpholine rings is 1. The van der Waals surface area contributed by atoms with E-state index in [4.69, 9.17) is 18.9 Å². The number of ether oxygens (including phenoxy) is 4. The van der Waals surface area contributed by atoms with Gasteiger partial charge in [0.2, 0.25) is 0 Å². The minimum atomic E-state index is -0.810. The van der Waals surface area contributed by atoms with Crippen LogP contribution in [-0.4, -0.2) is 86.3 Å². The fraction of sp³-hybridized carbons (Fsp3) is 0.438. The van der Waals surface area contributed by atoms with Crippen molar-refractivity contribution in [1.29, 1.82) is 0 Å². The molecule has 0 saturated carbocycles. The molecular weight excluding hydrogens is 524 g/mol. The molecule has 2 aromatic carbocycles. The number of carbonyl (C=O) groups is 2. The molecule has 0 spiro atoms. The zero-order chi connectivity index (χ0) is 29.5. The van der Waals surface area contributed by atoms with E-state index in [2.05, 4.69) is 25.3 Å². The fourth-order valence-electron chi connectivity index (χ4n) is 5.02. The molecule has 0 aromatic heterocycles. The summed E-state index contributed by atoms with van der Waals surface area (Å²) in [5, 5.41) is 11.6. The Morgan fingerprint density at radius 1 is 1.07 bits per heavy atom. The third-order valence-corrected chi connectivity index (χ3v) is 7.18. The SMILES string of the molecule is C=CCOc1ccc(C2/C(=C(\O)c3ccc(OCC(C)C)c(C)c3)C(=O)C(=O)N2CCN2CCOCC2)cc1OC. The van der Waals surface area contributed by atoms with Gasteiger partial charge >= 0.3 is 0 Å². The van der Waals surface area contributed by atoms with Gasteiger partial charge in [0.1, 0.15) is 18.1 Å². The third-order valence-electron chi connectivity index (χ3n) is 7.18. The molecule has 41 heavy (non-hydrogen) atoms. The summed E-state index contributed by atoms with van der Waals surface area (Å²) in [7, 11) is 1.53. The molecule has 1 N–H and O–H groups in total. The number of nitrogens with zero attached hydrogens (tertiary/aromatic N) is 2. The van der Waals surface area contributed by atoms with Crippen molar-refractivity contribution in [3.63, 3.8) is 0 Å². The van der Waals surface area contributed by atoms with Crippen LogP contribution in [0.3, 0.4) is 0 Å². The van der Waals surface area contributed by atoms with Gasteiger partial charge in [0.25, 0.3) is 11.7 Å². The zero-order valence-electron chi connectivity index (χ0n) is 24.4. The summed E-state index contributed by atoms with van der Waals surface area (Å²) >= 11 is 0. The summed E-state index contributed by atoms with van der Waals surface area (Å²) in [6.45, 7) is 14.2. The van der Waals surface area contributed by atoms with E-state index in [1.54, 1.807) is 42.5 Å². The zero-order valence-corrected chi connectivity index (χ0v) is 24.4. The van der Waals surface area contributed by atoms with E-state index >= 15 is 0 Å². The van der Waals surface area contributed by atoms with Crippen molar-refractivity contribution >= 4 is 17.4 Å². The first-order valence-corrected chi connectivity index (χ1v) is 14.0. The standard InChI is InChI=1S/C32H40N2O7/c1-6-15-40-26-10-7-23(19-27(26)38-5)29-28(30(35)24-8-9-25(22(4)18-24)41-20-21(2)3)31(36)32(37)34(29)12-11-33-13-16-39-17-14-33/h6-10,18-19,21,29,35H,1,11-17,20H2,2-5H3/b30-28+. The molecule has 1 atom stereocenters. The fourth-order valence-corrected chi connectivity index (χ4v) is 5.02. The van der Waals surface area contributed by atoms with Gasteiger partial charge in [-0.3, -0.25) is 14.5 Å². The largest absolute Gasteiger partial charge is 0.507 e. The number of aliphatic hydroxyl groups excluding tert-OH is 1. The number of amides is 1. The Bertz CT molecular complexity index is 1300. The van der Waals surface area contributed by atoms with Crippen LogP contribution in [0.2, 0.25) is 0 Å². The molecule has 2 saturated heterocycles. The van der Waals surface area contributed by atoms with Crippen molar-refractivity contribution in [3.05, 3.63) is 71.3 Å². The van der Waals surface area contributed by atoms with Crippen LogP contribution in [0.5, 0.6) is 17.2 Å². The molecule has 2 fully saturated rings. The van der Waals surface area contributed by atoms with E-state index in [1.807, 2.05) is 6.92 Å². The van der Waals surface area contributed by atoms with Crippen LogP contribution < -0.4 is 14.2 Å². The number of hydrogen-bond donors (Lipinski definition) is 1. The highest BCUT2D eigenvalue weighted by molar-refractivity contribution is 6.46. The van der Waals surface area contributed by atoms with Gasteiger partial charge < -0.3 is 29.0 Å². The average molecular weight is 565 g/mol. The highest BCUT2D eigenvalue weighted by Crippen LogP contribution is 2.42. The number of Topliss-reactive ketones (excluding diaryl/α,β-unsaturated/α-hetero) is 1. The smallest absolute Gasteiger partial charge is 0.295 e. The first-order valence-electron chi connectivity index (χ1n) is 14.0. The maximum absolute atomic E-state index is 13.5. The van der Waals surface area contributed by atoms with E-state index in [1.165, 1.54) is 12.0 Å². The Kier molecular flexibility index (Phi) is 10.1. The van der Waals surface area contributed by atoms with Crippen LogP contribution in [0.15, 0.2) is 54.6 Å². The maximum atomic E-state index is 13.5. The highest BCUT2D eigenvalue weighted by Gasteiger charge is 2.46. The molecule has 9 heteroatoms. The molecule has 2 aromatic rings. The van der Waals surface area contributed by atoms with Crippen molar-refractivity contribution in [1.82, 2.24) is 9.80 Å². The summed E-state index contributed by atoms with van der Waals surface area (Å²) in [6, 6.07) is 9.74. The average Bonchev–Trinajstić information content (AvgIpc) is 3.23. The lowest BCUT2D eigenvalue weighted by molar-refractivity contribution is -0.140. The van der Waals surface area contributed by atoms with Crippen LogP contribution >= 0.6 is 0 Å². The van der Waals surface area contributed by atoms with Crippen LogP contribution in [0, 0.1) is 12.8 Å². The summed E-state index contributed by atoms with van der Waals surface area (Å²) in [6.07, 6.45) is 1.63. The molecule has 2 heterocycles. The topological polar surface area (TPSA) is 97.8 Å². The summed E-state index contributed by atoms with van der Waals surface area (Å²) < 4.78 is 22.6. The first kappa shape index (κ1) is 30.1. The van der Waals surface area contributed by atoms with Crippen LogP contribution in [-0.2, 0) is 14.3 Å². The monoisotopic (exact) mass is 564 g/mol. The van der Waals surface area contributed by atoms with Gasteiger partial charge in [-0.15, -0.1) is 0 Å². The molecule has 9 nitrogen and oxygen atoms in total. The van der Waals surface area contributed by atoms with Crippen LogP contribution in [0.4, 0.5) is 0 Å². The molecular formula is C32H40N2O7. The Balaban J connectivity index is 1.75. The van der Waals surface area contributed by atoms with E-state index in [9.17, 15) is 14.7 Å². The molecule has 0 radical (unpaired) electrons. The Morgan fingerprint density at radius 2 is 1.80 bits per heavy atom. The molecule has 4 rings (SSSR count). The van der Waals surface area contributed by atoms with E-state index < -0.39 is 17.7 Å². The molecule has 220 valence electrons. The van der Waals surface area contributed by atoms with Crippen molar-refractivity contribution in [3.8, 4) is 17.2 Å². The van der Waals surface area contributed by atoms with E-state index in [-0.39, 0.29) is 11.3 Å². The van der Waals surface area contributed by atoms with Crippen molar-refractivity contribution in [2.75, 3.05) is 59.7 Å². The maximum Gasteiger partial charge on any atom is 0.295 e. The number of aliphatic hydroxyl groups is 1. The molecule has 2 aliphatic rings. The van der Waals surface area contributed by atoms with Crippen LogP contribution in [0.1, 0.15) is 36.6 Å². The van der Waals surface area contributed by atoms with Gasteiger partial charge in [-0.1, -0.05) is 32.6 Å². The summed E-state index contributed by atoms with van der Waals surface area (Å²) in [5.41, 5.74) is 1.92. The van der Waals surface area contributed by atoms with E-state index in [0.29, 0.717) is 73.8 Å². The molecule has 2 aliphatic heterocycles. The van der Waals surface area contributed by atoms with Gasteiger partial charge in [0, 0.05) is 31.7 Å². The van der Waals surface area contributed by atoms with Gasteiger partial charge in [0.05, 0.1) is 38.5 Å². The first-order chi connectivity index (χ1) is 19.7. The van der Waals surface area contributed by atoms with Crippen LogP contribution in [0.25, 0.3) is 5.76 Å². The molecule has 1 amide bonds. The van der Waals surface area contributed by atoms with Gasteiger partial charge in [0.15, 0.2) is 11.5 Å². The Labute approximate surface area is 241 Å². The molecule has 0 bridgehead atoms. The second-order valence-corrected chi connectivity index (χ2v) is 10.6. The number of carbonyl (C=O) groups excluding carboxylic acids is 2. The van der Waals surface area contributed by atoms with Crippen molar-refractivity contribution in [2.24, 2.45) is 5.92 Å². The van der Waals surface area contributed by atoms with Gasteiger partial charge in [-0.25, -0.2) is 0 Å². The quantitative estimate of drug-likeness (QED) is 0.176. The number of ketones is 1. The number of benzene rings is 2. The lowest BCUT2D eigenvalue weighted by atomic mass is 9.94. The lowest BCUT2D eigenvalue weighted by Crippen LogP contribution is -2.42. The van der Waals surface area contributed by atoms with Crippen molar-refractivity contribution in [2.45, 2.75) is 26.8 Å². The normalized spacial score (nSPS) is 19.0. The Morgan fingerprint density at radius 3 is 2.46 bits per heavy atom. The van der Waals surface area contributed by atoms with Crippen molar-refractivity contribution < 1.29 is 33.6 Å². The molecule has 0 aliphatic carbocycles. The predicted octanol–water partition coefficient (Wildman–Crippen LogP) is 4.36.